The average Bonchev–Trinajstić information content (AvgIpc) is 2.51. The number of rotatable bonds is 6. The van der Waals surface area contributed by atoms with Gasteiger partial charge in [-0.3, -0.25) is 4.79 Å². The Labute approximate surface area is 133 Å². The SMILES string of the molecule is CCOc1ccc(C(=O)NCCN2CCC(C)CC2)cc1C. The number of ether oxygens (including phenoxy) is 1. The van der Waals surface area contributed by atoms with Crippen LogP contribution in [0.4, 0.5) is 0 Å². The number of piperidine rings is 1. The first-order valence-corrected chi connectivity index (χ1v) is 8.34. The summed E-state index contributed by atoms with van der Waals surface area (Å²) in [4.78, 5) is 14.6. The molecule has 0 aromatic heterocycles. The normalized spacial score (nSPS) is 16.5. The van der Waals surface area contributed by atoms with E-state index in [4.69, 9.17) is 4.74 Å². The van der Waals surface area contributed by atoms with E-state index in [1.807, 2.05) is 32.0 Å². The summed E-state index contributed by atoms with van der Waals surface area (Å²) >= 11 is 0. The molecule has 1 aromatic carbocycles. The molecule has 2 rings (SSSR count). The molecule has 0 aliphatic carbocycles. The molecule has 0 bridgehead atoms. The van der Waals surface area contributed by atoms with E-state index in [1.54, 1.807) is 0 Å². The van der Waals surface area contributed by atoms with Gasteiger partial charge in [0, 0.05) is 18.7 Å². The van der Waals surface area contributed by atoms with E-state index in [2.05, 4.69) is 17.1 Å². The summed E-state index contributed by atoms with van der Waals surface area (Å²) in [6.07, 6.45) is 2.54. The largest absolute Gasteiger partial charge is 0.494 e. The van der Waals surface area contributed by atoms with Gasteiger partial charge in [0.15, 0.2) is 0 Å². The van der Waals surface area contributed by atoms with Gasteiger partial charge in [0.05, 0.1) is 6.61 Å². The highest BCUT2D eigenvalue weighted by atomic mass is 16.5. The number of nitrogens with one attached hydrogen (secondary N) is 1. The Bertz CT molecular complexity index is 494. The second-order valence-corrected chi connectivity index (χ2v) is 6.19. The van der Waals surface area contributed by atoms with Gasteiger partial charge in [-0.1, -0.05) is 6.92 Å². The van der Waals surface area contributed by atoms with Gasteiger partial charge < -0.3 is 15.0 Å². The maximum absolute atomic E-state index is 12.2. The van der Waals surface area contributed by atoms with Crippen LogP contribution in [0.5, 0.6) is 5.75 Å². The Morgan fingerprint density at radius 2 is 2.09 bits per heavy atom. The predicted octanol–water partition coefficient (Wildman–Crippen LogP) is 2.86. The lowest BCUT2D eigenvalue weighted by molar-refractivity contribution is 0.0944. The van der Waals surface area contributed by atoms with Crippen molar-refractivity contribution in [1.82, 2.24) is 10.2 Å². The lowest BCUT2D eigenvalue weighted by Gasteiger charge is -2.30. The number of carbonyl (C=O) groups is 1. The second kappa shape index (κ2) is 8.18. The van der Waals surface area contributed by atoms with Crippen molar-refractivity contribution in [3.05, 3.63) is 29.3 Å². The van der Waals surface area contributed by atoms with Gasteiger partial charge in [0.1, 0.15) is 5.75 Å². The third kappa shape index (κ3) is 4.73. The number of amides is 1. The summed E-state index contributed by atoms with van der Waals surface area (Å²) in [5.41, 5.74) is 1.70. The van der Waals surface area contributed by atoms with Gasteiger partial charge in [0.2, 0.25) is 0 Å². The lowest BCUT2D eigenvalue weighted by atomic mass is 9.99. The quantitative estimate of drug-likeness (QED) is 0.878. The number of nitrogens with zero attached hydrogens (tertiary/aromatic N) is 1. The molecule has 0 atom stereocenters. The van der Waals surface area contributed by atoms with E-state index in [1.165, 1.54) is 12.8 Å². The Kier molecular flexibility index (Phi) is 6.25. The molecule has 1 heterocycles. The highest BCUT2D eigenvalue weighted by Gasteiger charge is 2.15. The predicted molar refractivity (Wildman–Crippen MR) is 89.5 cm³/mol. The van der Waals surface area contributed by atoms with Crippen molar-refractivity contribution >= 4 is 5.91 Å². The fourth-order valence-corrected chi connectivity index (χ4v) is 2.82. The average molecular weight is 304 g/mol. The zero-order chi connectivity index (χ0) is 15.9. The fraction of sp³-hybridized carbons (Fsp3) is 0.611. The van der Waals surface area contributed by atoms with E-state index >= 15 is 0 Å². The van der Waals surface area contributed by atoms with Crippen molar-refractivity contribution in [1.29, 1.82) is 0 Å². The molecule has 22 heavy (non-hydrogen) atoms. The zero-order valence-corrected chi connectivity index (χ0v) is 14.0. The third-order valence-corrected chi connectivity index (χ3v) is 4.33. The summed E-state index contributed by atoms with van der Waals surface area (Å²) < 4.78 is 5.50. The molecule has 1 saturated heterocycles. The summed E-state index contributed by atoms with van der Waals surface area (Å²) in [6.45, 7) is 10.8. The molecular weight excluding hydrogens is 276 g/mol. The zero-order valence-electron chi connectivity index (χ0n) is 14.0. The first kappa shape index (κ1) is 16.8. The van der Waals surface area contributed by atoms with E-state index in [-0.39, 0.29) is 5.91 Å². The Balaban J connectivity index is 1.78. The molecule has 0 spiro atoms. The van der Waals surface area contributed by atoms with Crippen LogP contribution in [0.25, 0.3) is 0 Å². The number of carbonyl (C=O) groups excluding carboxylic acids is 1. The van der Waals surface area contributed by atoms with Crippen LogP contribution in [0.2, 0.25) is 0 Å². The highest BCUT2D eigenvalue weighted by molar-refractivity contribution is 5.94. The van der Waals surface area contributed by atoms with Crippen molar-refractivity contribution in [3.8, 4) is 5.75 Å². The maximum atomic E-state index is 12.2. The van der Waals surface area contributed by atoms with Crippen LogP contribution in [0, 0.1) is 12.8 Å². The summed E-state index contributed by atoms with van der Waals surface area (Å²) in [7, 11) is 0. The minimum absolute atomic E-state index is 0.00322. The summed E-state index contributed by atoms with van der Waals surface area (Å²) in [5.74, 6) is 1.69. The molecule has 1 amide bonds. The first-order chi connectivity index (χ1) is 10.6. The Morgan fingerprint density at radius 3 is 2.73 bits per heavy atom. The van der Waals surface area contributed by atoms with E-state index < -0.39 is 0 Å². The first-order valence-electron chi connectivity index (χ1n) is 8.34. The van der Waals surface area contributed by atoms with Gasteiger partial charge in [-0.15, -0.1) is 0 Å². The molecule has 0 unspecified atom stereocenters. The molecular formula is C18H28N2O2. The summed E-state index contributed by atoms with van der Waals surface area (Å²) in [5, 5.41) is 3.01. The van der Waals surface area contributed by atoms with Gasteiger partial charge in [0.25, 0.3) is 5.91 Å². The topological polar surface area (TPSA) is 41.6 Å². The highest BCUT2D eigenvalue weighted by Crippen LogP contribution is 2.19. The van der Waals surface area contributed by atoms with Crippen molar-refractivity contribution in [2.45, 2.75) is 33.6 Å². The minimum Gasteiger partial charge on any atom is -0.494 e. The molecule has 0 saturated carbocycles. The molecule has 0 radical (unpaired) electrons. The number of aryl methyl sites for hydroxylation is 1. The van der Waals surface area contributed by atoms with Gasteiger partial charge in [-0.25, -0.2) is 0 Å². The van der Waals surface area contributed by atoms with Crippen molar-refractivity contribution in [3.63, 3.8) is 0 Å². The molecule has 1 aliphatic rings. The van der Waals surface area contributed by atoms with Gasteiger partial charge in [-0.05, 0) is 69.5 Å². The van der Waals surface area contributed by atoms with Crippen molar-refractivity contribution in [2.24, 2.45) is 5.92 Å². The van der Waals surface area contributed by atoms with Crippen LogP contribution in [-0.4, -0.2) is 43.6 Å². The molecule has 1 aliphatic heterocycles. The monoisotopic (exact) mass is 304 g/mol. The number of benzene rings is 1. The minimum atomic E-state index is -0.00322. The Morgan fingerprint density at radius 1 is 1.36 bits per heavy atom. The van der Waals surface area contributed by atoms with Crippen LogP contribution >= 0.6 is 0 Å². The van der Waals surface area contributed by atoms with Crippen LogP contribution in [0.3, 0.4) is 0 Å². The Hall–Kier alpha value is -1.55. The van der Waals surface area contributed by atoms with Crippen molar-refractivity contribution in [2.75, 3.05) is 32.8 Å². The molecule has 4 nitrogen and oxygen atoms in total. The van der Waals surface area contributed by atoms with E-state index in [9.17, 15) is 4.79 Å². The third-order valence-electron chi connectivity index (χ3n) is 4.33. The van der Waals surface area contributed by atoms with Crippen LogP contribution in [-0.2, 0) is 0 Å². The van der Waals surface area contributed by atoms with Crippen molar-refractivity contribution < 1.29 is 9.53 Å². The number of hydrogen-bond acceptors (Lipinski definition) is 3. The van der Waals surface area contributed by atoms with E-state index in [0.717, 1.165) is 36.9 Å². The van der Waals surface area contributed by atoms with Crippen LogP contribution in [0.15, 0.2) is 18.2 Å². The molecule has 1 N–H and O–H groups in total. The lowest BCUT2D eigenvalue weighted by Crippen LogP contribution is -2.39. The van der Waals surface area contributed by atoms with E-state index in [0.29, 0.717) is 18.7 Å². The standard InChI is InChI=1S/C18H28N2O2/c1-4-22-17-6-5-16(13-15(17)3)18(21)19-9-12-20-10-7-14(2)8-11-20/h5-6,13-14H,4,7-12H2,1-3H3,(H,19,21). The number of hydrogen-bond donors (Lipinski definition) is 1. The smallest absolute Gasteiger partial charge is 0.251 e. The number of likely N-dealkylation sites (tertiary alicyclic amines) is 1. The van der Waals surface area contributed by atoms with Gasteiger partial charge >= 0.3 is 0 Å². The maximum Gasteiger partial charge on any atom is 0.251 e. The molecule has 4 heteroatoms. The molecule has 122 valence electrons. The molecule has 1 fully saturated rings. The van der Waals surface area contributed by atoms with Gasteiger partial charge in [-0.2, -0.15) is 0 Å². The fourth-order valence-electron chi connectivity index (χ4n) is 2.82. The summed E-state index contributed by atoms with van der Waals surface area (Å²) in [6, 6.07) is 5.60. The van der Waals surface area contributed by atoms with Crippen LogP contribution in [0.1, 0.15) is 42.6 Å². The van der Waals surface area contributed by atoms with Crippen LogP contribution < -0.4 is 10.1 Å². The molecule has 1 aromatic rings. The second-order valence-electron chi connectivity index (χ2n) is 6.19.